The highest BCUT2D eigenvalue weighted by molar-refractivity contribution is 4.72. The van der Waals surface area contributed by atoms with Crippen molar-refractivity contribution in [3.8, 4) is 6.07 Å². The summed E-state index contributed by atoms with van der Waals surface area (Å²) in [5.41, 5.74) is 0. The lowest BCUT2D eigenvalue weighted by Gasteiger charge is -2.12. The quantitative estimate of drug-likeness (QED) is 0.634. The van der Waals surface area contributed by atoms with Crippen LogP contribution >= 0.6 is 0 Å². The van der Waals surface area contributed by atoms with E-state index in [0.717, 1.165) is 13.0 Å². The van der Waals surface area contributed by atoms with Crippen molar-refractivity contribution in [3.63, 3.8) is 0 Å². The van der Waals surface area contributed by atoms with Crippen molar-refractivity contribution in [2.75, 3.05) is 13.6 Å². The van der Waals surface area contributed by atoms with E-state index < -0.39 is 0 Å². The summed E-state index contributed by atoms with van der Waals surface area (Å²) < 4.78 is 0. The van der Waals surface area contributed by atoms with Crippen molar-refractivity contribution in [1.82, 2.24) is 5.32 Å². The topological polar surface area (TPSA) is 35.8 Å². The van der Waals surface area contributed by atoms with Crippen molar-refractivity contribution in [2.24, 2.45) is 5.92 Å². The molecule has 2 nitrogen and oxygen atoms in total. The summed E-state index contributed by atoms with van der Waals surface area (Å²) >= 11 is 0. The summed E-state index contributed by atoms with van der Waals surface area (Å²) in [7, 11) is 1.97. The Morgan fingerprint density at radius 3 is 2.64 bits per heavy atom. The standard InChI is InChI=1S/C9H18N2/c1-3-5-9(8-11-2)6-4-7-10/h9,11H,3-6,8H2,1-2H3. The van der Waals surface area contributed by atoms with Crippen LogP contribution in [0.2, 0.25) is 0 Å². The van der Waals surface area contributed by atoms with Gasteiger partial charge in [0.1, 0.15) is 0 Å². The summed E-state index contributed by atoms with van der Waals surface area (Å²) in [6, 6.07) is 2.19. The van der Waals surface area contributed by atoms with Gasteiger partial charge in [-0.15, -0.1) is 0 Å². The first-order valence-corrected chi connectivity index (χ1v) is 4.36. The normalized spacial score (nSPS) is 12.5. The molecule has 0 amide bonds. The highest BCUT2D eigenvalue weighted by atomic mass is 14.8. The molecule has 0 saturated carbocycles. The third-order valence-electron chi connectivity index (χ3n) is 1.85. The molecule has 0 radical (unpaired) electrons. The van der Waals surface area contributed by atoms with Gasteiger partial charge >= 0.3 is 0 Å². The highest BCUT2D eigenvalue weighted by Gasteiger charge is 2.04. The van der Waals surface area contributed by atoms with E-state index in [2.05, 4.69) is 18.3 Å². The number of nitrogens with one attached hydrogen (secondary N) is 1. The molecular weight excluding hydrogens is 136 g/mol. The molecule has 2 heteroatoms. The van der Waals surface area contributed by atoms with E-state index in [-0.39, 0.29) is 0 Å². The van der Waals surface area contributed by atoms with Crippen LogP contribution in [0, 0.1) is 17.2 Å². The summed E-state index contributed by atoms with van der Waals surface area (Å²) in [4.78, 5) is 0. The average Bonchev–Trinajstić information content (AvgIpc) is 2.01. The lowest BCUT2D eigenvalue weighted by Crippen LogP contribution is -2.18. The van der Waals surface area contributed by atoms with Gasteiger partial charge in [-0.25, -0.2) is 0 Å². The second kappa shape index (κ2) is 7.56. The Hall–Kier alpha value is -0.550. The molecule has 0 heterocycles. The van der Waals surface area contributed by atoms with E-state index in [9.17, 15) is 0 Å². The van der Waals surface area contributed by atoms with Gasteiger partial charge in [-0.1, -0.05) is 13.3 Å². The van der Waals surface area contributed by atoms with Crippen LogP contribution in [0.5, 0.6) is 0 Å². The van der Waals surface area contributed by atoms with Gasteiger partial charge in [-0.2, -0.15) is 5.26 Å². The molecule has 11 heavy (non-hydrogen) atoms. The molecule has 0 fully saturated rings. The zero-order valence-electron chi connectivity index (χ0n) is 7.56. The Bertz CT molecular complexity index is 109. The summed E-state index contributed by atoms with van der Waals surface area (Å²) in [5, 5.41) is 11.5. The van der Waals surface area contributed by atoms with Crippen LogP contribution in [-0.2, 0) is 0 Å². The number of hydrogen-bond acceptors (Lipinski definition) is 2. The highest BCUT2D eigenvalue weighted by Crippen LogP contribution is 2.11. The van der Waals surface area contributed by atoms with Crippen LogP contribution in [0.15, 0.2) is 0 Å². The monoisotopic (exact) mass is 154 g/mol. The van der Waals surface area contributed by atoms with Crippen LogP contribution in [0.3, 0.4) is 0 Å². The maximum Gasteiger partial charge on any atom is 0.0621 e. The smallest absolute Gasteiger partial charge is 0.0621 e. The molecule has 1 N–H and O–H groups in total. The SMILES string of the molecule is CCCC(CCC#N)CNC. The van der Waals surface area contributed by atoms with E-state index in [1.54, 1.807) is 0 Å². The van der Waals surface area contributed by atoms with Gasteiger partial charge in [0.15, 0.2) is 0 Å². The molecule has 0 spiro atoms. The first kappa shape index (κ1) is 10.4. The Morgan fingerprint density at radius 2 is 2.18 bits per heavy atom. The molecular formula is C9H18N2. The van der Waals surface area contributed by atoms with Crippen LogP contribution in [0.25, 0.3) is 0 Å². The van der Waals surface area contributed by atoms with E-state index in [4.69, 9.17) is 5.26 Å². The van der Waals surface area contributed by atoms with Crippen molar-refractivity contribution < 1.29 is 0 Å². The van der Waals surface area contributed by atoms with E-state index in [1.807, 2.05) is 7.05 Å². The maximum atomic E-state index is 8.38. The summed E-state index contributed by atoms with van der Waals surface area (Å²) in [6.45, 7) is 3.24. The second-order valence-electron chi connectivity index (χ2n) is 2.91. The van der Waals surface area contributed by atoms with Crippen molar-refractivity contribution >= 4 is 0 Å². The van der Waals surface area contributed by atoms with Crippen molar-refractivity contribution in [2.45, 2.75) is 32.6 Å². The molecule has 1 unspecified atom stereocenters. The predicted molar refractivity (Wildman–Crippen MR) is 47.2 cm³/mol. The molecule has 1 atom stereocenters. The molecule has 0 aromatic carbocycles. The van der Waals surface area contributed by atoms with Gasteiger partial charge in [-0.3, -0.25) is 0 Å². The van der Waals surface area contributed by atoms with Crippen LogP contribution in [0.4, 0.5) is 0 Å². The number of nitrogens with zero attached hydrogens (tertiary/aromatic N) is 1. The molecule has 0 bridgehead atoms. The van der Waals surface area contributed by atoms with Gasteiger partial charge in [0.05, 0.1) is 6.07 Å². The number of rotatable bonds is 6. The molecule has 0 aromatic rings. The third kappa shape index (κ3) is 5.87. The van der Waals surface area contributed by atoms with Crippen LogP contribution in [0.1, 0.15) is 32.6 Å². The first-order valence-electron chi connectivity index (χ1n) is 4.36. The van der Waals surface area contributed by atoms with Gasteiger partial charge < -0.3 is 5.32 Å². The Morgan fingerprint density at radius 1 is 1.45 bits per heavy atom. The minimum absolute atomic E-state index is 0.699. The minimum Gasteiger partial charge on any atom is -0.319 e. The first-order chi connectivity index (χ1) is 5.35. The molecule has 0 aromatic heterocycles. The fourth-order valence-electron chi connectivity index (χ4n) is 1.31. The van der Waals surface area contributed by atoms with Crippen molar-refractivity contribution in [1.29, 1.82) is 5.26 Å². The van der Waals surface area contributed by atoms with Crippen LogP contribution < -0.4 is 5.32 Å². The molecule has 0 aliphatic rings. The maximum absolute atomic E-state index is 8.38. The van der Waals surface area contributed by atoms with Gasteiger partial charge in [0.2, 0.25) is 0 Å². The molecule has 64 valence electrons. The summed E-state index contributed by atoms with van der Waals surface area (Å²) in [5.74, 6) is 0.699. The minimum atomic E-state index is 0.699. The second-order valence-corrected chi connectivity index (χ2v) is 2.91. The fourth-order valence-corrected chi connectivity index (χ4v) is 1.31. The Labute approximate surface area is 69.6 Å². The largest absolute Gasteiger partial charge is 0.319 e. The number of hydrogen-bond donors (Lipinski definition) is 1. The van der Waals surface area contributed by atoms with Gasteiger partial charge in [0, 0.05) is 6.42 Å². The summed E-state index contributed by atoms with van der Waals surface area (Å²) in [6.07, 6.45) is 4.21. The van der Waals surface area contributed by atoms with E-state index in [0.29, 0.717) is 12.3 Å². The van der Waals surface area contributed by atoms with Crippen LogP contribution in [-0.4, -0.2) is 13.6 Å². The molecule has 0 rings (SSSR count). The molecule has 0 aliphatic heterocycles. The average molecular weight is 154 g/mol. The Kier molecular flexibility index (Phi) is 7.18. The lowest BCUT2D eigenvalue weighted by atomic mass is 9.98. The fraction of sp³-hybridized carbons (Fsp3) is 0.889. The van der Waals surface area contributed by atoms with Gasteiger partial charge in [0.25, 0.3) is 0 Å². The van der Waals surface area contributed by atoms with Crippen molar-refractivity contribution in [3.05, 3.63) is 0 Å². The van der Waals surface area contributed by atoms with E-state index in [1.165, 1.54) is 12.8 Å². The zero-order chi connectivity index (χ0) is 8.53. The predicted octanol–water partition coefficient (Wildman–Crippen LogP) is 1.93. The number of nitriles is 1. The van der Waals surface area contributed by atoms with E-state index >= 15 is 0 Å². The Balaban J connectivity index is 3.44. The molecule has 0 aliphatic carbocycles. The lowest BCUT2D eigenvalue weighted by molar-refractivity contribution is 0.433. The van der Waals surface area contributed by atoms with Gasteiger partial charge in [-0.05, 0) is 32.4 Å². The molecule has 0 saturated heterocycles. The third-order valence-corrected chi connectivity index (χ3v) is 1.85. The zero-order valence-corrected chi connectivity index (χ0v) is 7.56.